The third kappa shape index (κ3) is 2.53. The van der Waals surface area contributed by atoms with E-state index in [9.17, 15) is 14.4 Å². The number of rotatable bonds is 3. The van der Waals surface area contributed by atoms with Crippen molar-refractivity contribution < 1.29 is 14.0 Å². The van der Waals surface area contributed by atoms with Crippen LogP contribution >= 0.6 is 0 Å². The number of H-pyrrole nitrogens is 2. The van der Waals surface area contributed by atoms with Crippen molar-refractivity contribution in [3.05, 3.63) is 63.8 Å². The third-order valence-corrected chi connectivity index (χ3v) is 4.17. The molecule has 0 bridgehead atoms. The highest BCUT2D eigenvalue weighted by atomic mass is 16.4. The van der Waals surface area contributed by atoms with E-state index in [0.29, 0.717) is 44.5 Å². The van der Waals surface area contributed by atoms with Crippen LogP contribution in [0.1, 0.15) is 26.4 Å². The normalized spacial score (nSPS) is 11.1. The predicted octanol–water partition coefficient (Wildman–Crippen LogP) is 2.26. The molecule has 0 spiro atoms. The van der Waals surface area contributed by atoms with Gasteiger partial charge in [-0.15, -0.1) is 0 Å². The molecule has 8 heteroatoms. The van der Waals surface area contributed by atoms with E-state index in [1.807, 2.05) is 0 Å². The monoisotopic (exact) mass is 350 g/mol. The Morgan fingerprint density at radius 1 is 1.08 bits per heavy atom. The Labute approximate surface area is 146 Å². The Bertz CT molecular complexity index is 1250. The molecule has 0 atom stereocenters. The van der Waals surface area contributed by atoms with Gasteiger partial charge in [0.15, 0.2) is 5.58 Å². The number of carbonyl (C=O) groups is 2. The zero-order valence-corrected chi connectivity index (χ0v) is 13.7. The number of nitrogens with one attached hydrogen (secondary N) is 3. The number of oxazole rings is 1. The molecule has 2 aromatic carbocycles. The molecule has 0 saturated heterocycles. The summed E-state index contributed by atoms with van der Waals surface area (Å²) in [4.78, 5) is 40.9. The zero-order chi connectivity index (χ0) is 18.4. The summed E-state index contributed by atoms with van der Waals surface area (Å²) in [5, 5.41) is 3.42. The van der Waals surface area contributed by atoms with E-state index >= 15 is 0 Å². The predicted molar refractivity (Wildman–Crippen MR) is 96.3 cm³/mol. The molecular formula is C18H14N4O4. The number of anilines is 1. The van der Waals surface area contributed by atoms with Crippen LogP contribution in [0.4, 0.5) is 5.69 Å². The van der Waals surface area contributed by atoms with Crippen LogP contribution in [0.3, 0.4) is 0 Å². The van der Waals surface area contributed by atoms with Gasteiger partial charge in [-0.1, -0.05) is 6.07 Å². The molecule has 0 saturated carbocycles. The molecule has 0 aliphatic carbocycles. The number of benzene rings is 2. The number of primary amides is 1. The van der Waals surface area contributed by atoms with Crippen LogP contribution in [0.5, 0.6) is 0 Å². The summed E-state index contributed by atoms with van der Waals surface area (Å²) < 4.78 is 4.98. The maximum Gasteiger partial charge on any atom is 0.417 e. The van der Waals surface area contributed by atoms with Gasteiger partial charge in [-0.3, -0.25) is 14.6 Å². The van der Waals surface area contributed by atoms with Crippen molar-refractivity contribution >= 4 is 39.5 Å². The number of aromatic nitrogens is 2. The number of hydrogen-bond acceptors (Lipinski definition) is 4. The van der Waals surface area contributed by atoms with Crippen molar-refractivity contribution in [2.75, 3.05) is 5.32 Å². The van der Waals surface area contributed by atoms with Gasteiger partial charge in [0.2, 0.25) is 0 Å². The summed E-state index contributed by atoms with van der Waals surface area (Å²) in [7, 11) is 0. The molecule has 8 nitrogen and oxygen atoms in total. The quantitative estimate of drug-likeness (QED) is 0.451. The average Bonchev–Trinajstić information content (AvgIpc) is 3.11. The van der Waals surface area contributed by atoms with Crippen LogP contribution in [-0.2, 0) is 0 Å². The zero-order valence-electron chi connectivity index (χ0n) is 13.7. The SMILES string of the molecule is Cc1[nH]c2cc(C(=O)Nc3ccc4[nH]c(=O)oc4c3)ccc2c1C(N)=O. The summed E-state index contributed by atoms with van der Waals surface area (Å²) >= 11 is 0. The molecule has 0 radical (unpaired) electrons. The number of fused-ring (bicyclic) bond motifs is 2. The first-order valence-electron chi connectivity index (χ1n) is 7.79. The molecule has 4 rings (SSSR count). The summed E-state index contributed by atoms with van der Waals surface area (Å²) in [6, 6.07) is 9.82. The van der Waals surface area contributed by atoms with Crippen LogP contribution in [0.2, 0.25) is 0 Å². The molecule has 0 unspecified atom stereocenters. The highest BCUT2D eigenvalue weighted by Crippen LogP contribution is 2.24. The van der Waals surface area contributed by atoms with E-state index in [-0.39, 0.29) is 5.91 Å². The van der Waals surface area contributed by atoms with E-state index in [1.165, 1.54) is 0 Å². The topological polar surface area (TPSA) is 134 Å². The number of aryl methyl sites for hydroxylation is 1. The fourth-order valence-electron chi connectivity index (χ4n) is 3.02. The van der Waals surface area contributed by atoms with E-state index in [2.05, 4.69) is 15.3 Å². The fourth-order valence-corrected chi connectivity index (χ4v) is 3.02. The first-order chi connectivity index (χ1) is 12.4. The minimum Gasteiger partial charge on any atom is -0.408 e. The Morgan fingerprint density at radius 3 is 2.65 bits per heavy atom. The summed E-state index contributed by atoms with van der Waals surface area (Å²) in [6.07, 6.45) is 0. The van der Waals surface area contributed by atoms with Crippen molar-refractivity contribution in [2.24, 2.45) is 5.73 Å². The van der Waals surface area contributed by atoms with Crippen LogP contribution in [0.25, 0.3) is 22.0 Å². The molecule has 2 heterocycles. The Kier molecular flexibility index (Phi) is 3.40. The maximum absolute atomic E-state index is 12.5. The van der Waals surface area contributed by atoms with Gasteiger partial charge in [-0.05, 0) is 31.2 Å². The Morgan fingerprint density at radius 2 is 1.88 bits per heavy atom. The molecule has 5 N–H and O–H groups in total. The smallest absolute Gasteiger partial charge is 0.408 e. The number of carbonyl (C=O) groups excluding carboxylic acids is 2. The summed E-state index contributed by atoms with van der Waals surface area (Å²) in [5.41, 5.74) is 8.92. The van der Waals surface area contributed by atoms with Crippen molar-refractivity contribution in [1.29, 1.82) is 0 Å². The van der Waals surface area contributed by atoms with Gasteiger partial charge in [0, 0.05) is 33.9 Å². The Balaban J connectivity index is 1.66. The molecule has 26 heavy (non-hydrogen) atoms. The van der Waals surface area contributed by atoms with E-state index in [0.717, 1.165) is 0 Å². The van der Waals surface area contributed by atoms with Crippen molar-refractivity contribution in [3.8, 4) is 0 Å². The minimum absolute atomic E-state index is 0.336. The van der Waals surface area contributed by atoms with Gasteiger partial charge in [-0.25, -0.2) is 4.79 Å². The second-order valence-electron chi connectivity index (χ2n) is 5.93. The van der Waals surface area contributed by atoms with Crippen LogP contribution in [-0.4, -0.2) is 21.8 Å². The lowest BCUT2D eigenvalue weighted by molar-refractivity contribution is 0.0998. The van der Waals surface area contributed by atoms with E-state index < -0.39 is 11.7 Å². The van der Waals surface area contributed by atoms with Crippen LogP contribution in [0, 0.1) is 6.92 Å². The second kappa shape index (κ2) is 5.62. The third-order valence-electron chi connectivity index (χ3n) is 4.17. The lowest BCUT2D eigenvalue weighted by atomic mass is 10.1. The molecule has 4 aromatic rings. The lowest BCUT2D eigenvalue weighted by Crippen LogP contribution is -2.12. The van der Waals surface area contributed by atoms with Gasteiger partial charge < -0.3 is 20.5 Å². The highest BCUT2D eigenvalue weighted by molar-refractivity contribution is 6.11. The van der Waals surface area contributed by atoms with Crippen LogP contribution < -0.4 is 16.8 Å². The average molecular weight is 350 g/mol. The molecule has 2 amide bonds. The van der Waals surface area contributed by atoms with E-state index in [4.69, 9.17) is 10.2 Å². The van der Waals surface area contributed by atoms with Gasteiger partial charge in [0.25, 0.3) is 11.8 Å². The number of aromatic amines is 2. The highest BCUT2D eigenvalue weighted by Gasteiger charge is 2.15. The fraction of sp³-hybridized carbons (Fsp3) is 0.0556. The van der Waals surface area contributed by atoms with Gasteiger partial charge >= 0.3 is 5.76 Å². The van der Waals surface area contributed by atoms with Gasteiger partial charge in [0.1, 0.15) is 0 Å². The molecule has 130 valence electrons. The first kappa shape index (κ1) is 15.7. The van der Waals surface area contributed by atoms with Gasteiger partial charge in [-0.2, -0.15) is 0 Å². The molecule has 0 fully saturated rings. The largest absolute Gasteiger partial charge is 0.417 e. The molecule has 0 aliphatic rings. The molecular weight excluding hydrogens is 336 g/mol. The van der Waals surface area contributed by atoms with Crippen molar-refractivity contribution in [1.82, 2.24) is 9.97 Å². The minimum atomic E-state index is -0.554. The first-order valence-corrected chi connectivity index (χ1v) is 7.79. The number of nitrogens with two attached hydrogens (primary N) is 1. The van der Waals surface area contributed by atoms with E-state index in [1.54, 1.807) is 43.3 Å². The number of hydrogen-bond donors (Lipinski definition) is 4. The molecule has 0 aliphatic heterocycles. The van der Waals surface area contributed by atoms with Gasteiger partial charge in [0.05, 0.1) is 11.1 Å². The molecule has 2 aromatic heterocycles. The summed E-state index contributed by atoms with van der Waals surface area (Å²) in [5.74, 6) is -1.41. The van der Waals surface area contributed by atoms with Crippen LogP contribution in [0.15, 0.2) is 45.6 Å². The lowest BCUT2D eigenvalue weighted by Gasteiger charge is -2.05. The standard InChI is InChI=1S/C18H14N4O4/c1-8-15(16(19)23)11-4-2-9(6-13(11)20-8)17(24)21-10-3-5-12-14(7-10)26-18(25)22-12/h2-7,20H,1H3,(H2,19,23)(H,21,24)(H,22,25). The second-order valence-corrected chi connectivity index (χ2v) is 5.93. The van der Waals surface area contributed by atoms with Crippen molar-refractivity contribution in [3.63, 3.8) is 0 Å². The number of amides is 2. The maximum atomic E-state index is 12.5. The Hall–Kier alpha value is -3.81. The summed E-state index contributed by atoms with van der Waals surface area (Å²) in [6.45, 7) is 1.75. The van der Waals surface area contributed by atoms with Crippen molar-refractivity contribution in [2.45, 2.75) is 6.92 Å².